The van der Waals surface area contributed by atoms with Crippen molar-refractivity contribution in [3.8, 4) is 11.3 Å². The van der Waals surface area contributed by atoms with Crippen LogP contribution in [-0.4, -0.2) is 16.6 Å². The van der Waals surface area contributed by atoms with Gasteiger partial charge in [0.1, 0.15) is 11.8 Å². The molecule has 102 valence electrons. The van der Waals surface area contributed by atoms with E-state index in [9.17, 15) is 0 Å². The van der Waals surface area contributed by atoms with Gasteiger partial charge in [0, 0.05) is 22.9 Å². The molecule has 0 aliphatic heterocycles. The van der Waals surface area contributed by atoms with Gasteiger partial charge in [0.05, 0.1) is 5.69 Å². The number of halogens is 1. The number of rotatable bonds is 4. The first-order valence-corrected chi connectivity index (χ1v) is 7.61. The molecular formula is C15H13ClN2OS. The molecule has 2 heterocycles. The molecule has 0 amide bonds. The van der Waals surface area contributed by atoms with Gasteiger partial charge in [-0.15, -0.1) is 11.3 Å². The molecule has 20 heavy (non-hydrogen) atoms. The largest absolute Gasteiger partial charge is 0.374 e. The van der Waals surface area contributed by atoms with E-state index in [1.165, 1.54) is 10.1 Å². The summed E-state index contributed by atoms with van der Waals surface area (Å²) in [5.74, 6) is 0.614. The Morgan fingerprint density at radius 1 is 1.25 bits per heavy atom. The molecule has 2 aromatic heterocycles. The fourth-order valence-electron chi connectivity index (χ4n) is 2.06. The molecule has 0 radical (unpaired) electrons. The summed E-state index contributed by atoms with van der Waals surface area (Å²) in [5, 5.41) is 3.74. The molecule has 0 bridgehead atoms. The lowest BCUT2D eigenvalue weighted by Crippen LogP contribution is -2.00. The molecule has 0 fully saturated rings. The van der Waals surface area contributed by atoms with Gasteiger partial charge in [-0.2, -0.15) is 0 Å². The summed E-state index contributed by atoms with van der Waals surface area (Å²) in [7, 11) is 0. The van der Waals surface area contributed by atoms with Crippen molar-refractivity contribution in [3.05, 3.63) is 46.7 Å². The van der Waals surface area contributed by atoms with Crippen LogP contribution >= 0.6 is 22.9 Å². The van der Waals surface area contributed by atoms with Gasteiger partial charge >= 0.3 is 0 Å². The van der Waals surface area contributed by atoms with E-state index in [2.05, 4.69) is 33.5 Å². The molecule has 1 aromatic carbocycles. The lowest BCUT2D eigenvalue weighted by Gasteiger charge is -2.06. The highest BCUT2D eigenvalue weighted by atomic mass is 35.5. The number of nitrogens with zero attached hydrogens (tertiary/aromatic N) is 2. The molecule has 3 rings (SSSR count). The van der Waals surface area contributed by atoms with E-state index in [0.29, 0.717) is 24.2 Å². The van der Waals surface area contributed by atoms with E-state index in [-0.39, 0.29) is 0 Å². The second kappa shape index (κ2) is 5.87. The fourth-order valence-corrected chi connectivity index (χ4v) is 3.18. The third-order valence-electron chi connectivity index (χ3n) is 2.93. The molecule has 0 N–H and O–H groups in total. The Morgan fingerprint density at radius 2 is 2.15 bits per heavy atom. The lowest BCUT2D eigenvalue weighted by molar-refractivity contribution is 0.128. The van der Waals surface area contributed by atoms with Gasteiger partial charge < -0.3 is 4.74 Å². The van der Waals surface area contributed by atoms with Crippen molar-refractivity contribution < 1.29 is 4.74 Å². The second-order valence-electron chi connectivity index (χ2n) is 4.27. The number of thiophene rings is 1. The topological polar surface area (TPSA) is 35.0 Å². The first-order valence-electron chi connectivity index (χ1n) is 6.35. The molecule has 0 saturated heterocycles. The quantitative estimate of drug-likeness (QED) is 0.663. The minimum Gasteiger partial charge on any atom is -0.374 e. The van der Waals surface area contributed by atoms with Gasteiger partial charge in [-0.1, -0.05) is 29.8 Å². The van der Waals surface area contributed by atoms with Crippen molar-refractivity contribution in [2.45, 2.75) is 13.5 Å². The van der Waals surface area contributed by atoms with Crippen LogP contribution in [-0.2, 0) is 11.3 Å². The first-order chi connectivity index (χ1) is 9.78. The van der Waals surface area contributed by atoms with Crippen LogP contribution in [0.25, 0.3) is 21.3 Å². The van der Waals surface area contributed by atoms with E-state index in [4.69, 9.17) is 16.3 Å². The van der Waals surface area contributed by atoms with Crippen molar-refractivity contribution in [1.29, 1.82) is 0 Å². The van der Waals surface area contributed by atoms with Crippen LogP contribution in [0.2, 0.25) is 5.15 Å². The van der Waals surface area contributed by atoms with Gasteiger partial charge in [-0.25, -0.2) is 9.97 Å². The Bertz CT molecular complexity index is 742. The molecule has 0 spiro atoms. The summed E-state index contributed by atoms with van der Waals surface area (Å²) >= 11 is 7.80. The molecule has 0 aliphatic rings. The average molecular weight is 305 g/mol. The Kier molecular flexibility index (Phi) is 3.96. The van der Waals surface area contributed by atoms with Crippen LogP contribution in [0, 0.1) is 0 Å². The Hall–Kier alpha value is -1.49. The number of ether oxygens (including phenoxy) is 1. The standard InChI is InChI=1S/C15H13ClN2OS/c1-2-19-9-14-17-12(8-13(16)18-14)11-5-3-4-10-6-7-20-15(10)11/h3-8H,2,9H2,1H3. The van der Waals surface area contributed by atoms with Crippen LogP contribution in [0.5, 0.6) is 0 Å². The maximum Gasteiger partial charge on any atom is 0.156 e. The van der Waals surface area contributed by atoms with E-state index < -0.39 is 0 Å². The van der Waals surface area contributed by atoms with Crippen LogP contribution in [0.3, 0.4) is 0 Å². The van der Waals surface area contributed by atoms with E-state index >= 15 is 0 Å². The third-order valence-corrected chi connectivity index (χ3v) is 4.09. The highest BCUT2D eigenvalue weighted by Crippen LogP contribution is 2.32. The Labute approximate surface area is 126 Å². The molecular weight excluding hydrogens is 292 g/mol. The number of hydrogen-bond acceptors (Lipinski definition) is 4. The molecule has 5 heteroatoms. The summed E-state index contributed by atoms with van der Waals surface area (Å²) in [4.78, 5) is 8.75. The molecule has 0 unspecified atom stereocenters. The number of aromatic nitrogens is 2. The summed E-state index contributed by atoms with van der Waals surface area (Å²) in [6.07, 6.45) is 0. The van der Waals surface area contributed by atoms with Gasteiger partial charge in [-0.3, -0.25) is 0 Å². The van der Waals surface area contributed by atoms with E-state index in [0.717, 1.165) is 11.3 Å². The normalized spacial score (nSPS) is 11.1. The monoisotopic (exact) mass is 304 g/mol. The SMILES string of the molecule is CCOCc1nc(Cl)cc(-c2cccc3ccsc23)n1. The summed E-state index contributed by atoms with van der Waals surface area (Å²) in [6.45, 7) is 2.95. The van der Waals surface area contributed by atoms with Crippen molar-refractivity contribution in [3.63, 3.8) is 0 Å². The van der Waals surface area contributed by atoms with Crippen molar-refractivity contribution >= 4 is 33.0 Å². The van der Waals surface area contributed by atoms with Crippen LogP contribution in [0.15, 0.2) is 35.7 Å². The third kappa shape index (κ3) is 2.68. The predicted octanol–water partition coefficient (Wildman–Crippen LogP) is 4.55. The van der Waals surface area contributed by atoms with E-state index in [1.807, 2.05) is 13.0 Å². The second-order valence-corrected chi connectivity index (χ2v) is 5.58. The number of benzene rings is 1. The Balaban J connectivity index is 2.09. The van der Waals surface area contributed by atoms with Crippen LogP contribution < -0.4 is 0 Å². The molecule has 0 aliphatic carbocycles. The smallest absolute Gasteiger partial charge is 0.156 e. The van der Waals surface area contributed by atoms with E-state index in [1.54, 1.807) is 17.4 Å². The van der Waals surface area contributed by atoms with Gasteiger partial charge in [0.15, 0.2) is 5.82 Å². The highest BCUT2D eigenvalue weighted by molar-refractivity contribution is 7.17. The molecule has 3 nitrogen and oxygen atoms in total. The van der Waals surface area contributed by atoms with Crippen molar-refractivity contribution in [1.82, 2.24) is 9.97 Å². The van der Waals surface area contributed by atoms with Crippen LogP contribution in [0.4, 0.5) is 0 Å². The highest BCUT2D eigenvalue weighted by Gasteiger charge is 2.09. The number of fused-ring (bicyclic) bond motifs is 1. The van der Waals surface area contributed by atoms with Gasteiger partial charge in [0.25, 0.3) is 0 Å². The summed E-state index contributed by atoms with van der Waals surface area (Å²) in [6, 6.07) is 10.1. The minimum absolute atomic E-state index is 0.379. The maximum atomic E-state index is 6.10. The van der Waals surface area contributed by atoms with Gasteiger partial charge in [-0.05, 0) is 23.8 Å². The van der Waals surface area contributed by atoms with Crippen LogP contribution in [0.1, 0.15) is 12.7 Å². The number of hydrogen-bond donors (Lipinski definition) is 0. The lowest BCUT2D eigenvalue weighted by atomic mass is 10.1. The minimum atomic E-state index is 0.379. The maximum absolute atomic E-state index is 6.10. The predicted molar refractivity (Wildman–Crippen MR) is 83.2 cm³/mol. The summed E-state index contributed by atoms with van der Waals surface area (Å²) in [5.41, 5.74) is 1.92. The zero-order valence-electron chi connectivity index (χ0n) is 11.0. The molecule has 3 aromatic rings. The Morgan fingerprint density at radius 3 is 3.00 bits per heavy atom. The fraction of sp³-hybridized carbons (Fsp3) is 0.200. The average Bonchev–Trinajstić information content (AvgIpc) is 2.92. The molecule has 0 atom stereocenters. The first kappa shape index (κ1) is 13.5. The van der Waals surface area contributed by atoms with Crippen molar-refractivity contribution in [2.24, 2.45) is 0 Å². The van der Waals surface area contributed by atoms with Crippen molar-refractivity contribution in [2.75, 3.05) is 6.61 Å². The summed E-state index contributed by atoms with van der Waals surface area (Å²) < 4.78 is 6.57. The molecule has 0 saturated carbocycles. The van der Waals surface area contributed by atoms with Gasteiger partial charge in [0.2, 0.25) is 0 Å². The zero-order valence-corrected chi connectivity index (χ0v) is 12.5. The zero-order chi connectivity index (χ0) is 13.9.